The molecule has 1 amide bonds. The number of carbonyl (C=O) groups excluding carboxylic acids is 1. The van der Waals surface area contributed by atoms with Gasteiger partial charge in [-0.1, -0.05) is 6.92 Å². The van der Waals surface area contributed by atoms with Gasteiger partial charge in [-0.05, 0) is 64.9 Å². The lowest BCUT2D eigenvalue weighted by Crippen LogP contribution is -2.34. The Balaban J connectivity index is 2.05. The zero-order valence-corrected chi connectivity index (χ0v) is 17.7. The Hall–Kier alpha value is -2.32. The summed E-state index contributed by atoms with van der Waals surface area (Å²) < 4.78 is 16.8. The van der Waals surface area contributed by atoms with Crippen LogP contribution >= 0.6 is 28.1 Å². The highest BCUT2D eigenvalue weighted by Crippen LogP contribution is 2.29. The molecule has 2 rings (SSSR count). The number of halogens is 1. The van der Waals surface area contributed by atoms with Crippen molar-refractivity contribution >= 4 is 44.9 Å². The molecular weight excluding hydrogens is 432 g/mol. The summed E-state index contributed by atoms with van der Waals surface area (Å²) >= 11 is 8.66. The first-order valence-corrected chi connectivity index (χ1v) is 9.45. The number of carbonyl (C=O) groups is 1. The third-order valence-electron chi connectivity index (χ3n) is 3.54. The van der Waals surface area contributed by atoms with Gasteiger partial charge >= 0.3 is 0 Å². The third kappa shape index (κ3) is 5.83. The van der Waals surface area contributed by atoms with Gasteiger partial charge in [-0.3, -0.25) is 10.1 Å². The molecular formula is C19H21BrN2O4S. The summed E-state index contributed by atoms with van der Waals surface area (Å²) in [6.45, 7) is 2.64. The van der Waals surface area contributed by atoms with E-state index in [4.69, 9.17) is 26.4 Å². The molecule has 27 heavy (non-hydrogen) atoms. The van der Waals surface area contributed by atoms with Gasteiger partial charge in [0.1, 0.15) is 17.2 Å². The van der Waals surface area contributed by atoms with Gasteiger partial charge in [0.05, 0.1) is 31.0 Å². The van der Waals surface area contributed by atoms with Crippen molar-refractivity contribution in [1.29, 1.82) is 0 Å². The second-order valence-electron chi connectivity index (χ2n) is 5.47. The van der Waals surface area contributed by atoms with Gasteiger partial charge < -0.3 is 19.5 Å². The maximum atomic E-state index is 12.4. The predicted octanol–water partition coefficient (Wildman–Crippen LogP) is 4.38. The molecule has 144 valence electrons. The number of ether oxygens (including phenoxy) is 3. The first-order valence-electron chi connectivity index (χ1n) is 8.25. The Morgan fingerprint density at radius 1 is 1.11 bits per heavy atom. The molecule has 8 heteroatoms. The van der Waals surface area contributed by atoms with Crippen LogP contribution in [-0.2, 0) is 0 Å². The van der Waals surface area contributed by atoms with Gasteiger partial charge in [-0.25, -0.2) is 0 Å². The standard InChI is InChI=1S/C19H21BrN2O4S/c1-4-9-26-16-7-5-12(10-14(16)20)18(23)22-19(27)21-15-11-13(24-2)6-8-17(15)25-3/h5-8,10-11H,4,9H2,1-3H3,(H2,21,22,23,27). The van der Waals surface area contributed by atoms with E-state index in [9.17, 15) is 4.79 Å². The van der Waals surface area contributed by atoms with Crippen molar-refractivity contribution in [2.45, 2.75) is 13.3 Å². The molecule has 2 aromatic carbocycles. The van der Waals surface area contributed by atoms with Crippen LogP contribution in [0.4, 0.5) is 5.69 Å². The lowest BCUT2D eigenvalue weighted by Gasteiger charge is -2.14. The van der Waals surface area contributed by atoms with E-state index in [2.05, 4.69) is 26.6 Å². The Morgan fingerprint density at radius 3 is 2.48 bits per heavy atom. The van der Waals surface area contributed by atoms with E-state index in [0.29, 0.717) is 39.6 Å². The summed E-state index contributed by atoms with van der Waals surface area (Å²) in [5.41, 5.74) is 1.04. The predicted molar refractivity (Wildman–Crippen MR) is 113 cm³/mol. The SMILES string of the molecule is CCCOc1ccc(C(=O)NC(=S)Nc2cc(OC)ccc2OC)cc1Br. The number of hydrogen-bond donors (Lipinski definition) is 2. The quantitative estimate of drug-likeness (QED) is 0.607. The fourth-order valence-electron chi connectivity index (χ4n) is 2.21. The second-order valence-corrected chi connectivity index (χ2v) is 6.73. The summed E-state index contributed by atoms with van der Waals surface area (Å²) in [5, 5.41) is 5.74. The smallest absolute Gasteiger partial charge is 0.257 e. The third-order valence-corrected chi connectivity index (χ3v) is 4.36. The average Bonchev–Trinajstić information content (AvgIpc) is 2.66. The number of methoxy groups -OCH3 is 2. The molecule has 0 saturated heterocycles. The fourth-order valence-corrected chi connectivity index (χ4v) is 2.91. The van der Waals surface area contributed by atoms with Crippen molar-refractivity contribution in [1.82, 2.24) is 5.32 Å². The monoisotopic (exact) mass is 452 g/mol. The van der Waals surface area contributed by atoms with Crippen molar-refractivity contribution < 1.29 is 19.0 Å². The van der Waals surface area contributed by atoms with Crippen LogP contribution in [0.2, 0.25) is 0 Å². The van der Waals surface area contributed by atoms with Gasteiger partial charge in [0.2, 0.25) is 0 Å². The summed E-state index contributed by atoms with van der Waals surface area (Å²) in [7, 11) is 3.12. The molecule has 0 saturated carbocycles. The van der Waals surface area contributed by atoms with Gasteiger partial charge in [-0.2, -0.15) is 0 Å². The van der Waals surface area contributed by atoms with Crippen LogP contribution in [0.15, 0.2) is 40.9 Å². The van der Waals surface area contributed by atoms with Crippen LogP contribution in [-0.4, -0.2) is 31.8 Å². The van der Waals surface area contributed by atoms with Crippen LogP contribution in [0.1, 0.15) is 23.7 Å². The van der Waals surface area contributed by atoms with Gasteiger partial charge in [0, 0.05) is 11.6 Å². The maximum absolute atomic E-state index is 12.4. The molecule has 0 bridgehead atoms. The van der Waals surface area contributed by atoms with Crippen LogP contribution in [0.5, 0.6) is 17.2 Å². The van der Waals surface area contributed by atoms with E-state index < -0.39 is 0 Å². The number of benzene rings is 2. The molecule has 0 fully saturated rings. The van der Waals surface area contributed by atoms with E-state index in [1.54, 1.807) is 50.6 Å². The molecule has 2 aromatic rings. The second kappa shape index (κ2) is 10.1. The Kier molecular flexibility index (Phi) is 7.87. The number of thiocarbonyl (C=S) groups is 1. The molecule has 0 spiro atoms. The molecule has 2 N–H and O–H groups in total. The highest BCUT2D eigenvalue weighted by molar-refractivity contribution is 9.10. The molecule has 0 aliphatic heterocycles. The molecule has 0 aliphatic rings. The van der Waals surface area contributed by atoms with Crippen molar-refractivity contribution in [2.24, 2.45) is 0 Å². The number of amides is 1. The number of anilines is 1. The summed E-state index contributed by atoms with van der Waals surface area (Å²) in [5.74, 6) is 1.57. The van der Waals surface area contributed by atoms with E-state index in [1.165, 1.54) is 0 Å². The zero-order valence-electron chi connectivity index (χ0n) is 15.3. The topological polar surface area (TPSA) is 68.8 Å². The van der Waals surface area contributed by atoms with Crippen molar-refractivity contribution in [3.05, 3.63) is 46.4 Å². The van der Waals surface area contributed by atoms with E-state index >= 15 is 0 Å². The summed E-state index contributed by atoms with van der Waals surface area (Å²) in [4.78, 5) is 12.4. The van der Waals surface area contributed by atoms with Gasteiger partial charge in [0.15, 0.2) is 5.11 Å². The van der Waals surface area contributed by atoms with Crippen molar-refractivity contribution in [3.8, 4) is 17.2 Å². The molecule has 6 nitrogen and oxygen atoms in total. The number of rotatable bonds is 7. The van der Waals surface area contributed by atoms with Gasteiger partial charge in [0.25, 0.3) is 5.91 Å². The lowest BCUT2D eigenvalue weighted by molar-refractivity contribution is 0.0977. The van der Waals surface area contributed by atoms with Crippen molar-refractivity contribution in [2.75, 3.05) is 26.1 Å². The molecule has 0 aliphatic carbocycles. The molecule has 0 radical (unpaired) electrons. The van der Waals surface area contributed by atoms with Crippen LogP contribution in [0.3, 0.4) is 0 Å². The average molecular weight is 453 g/mol. The Morgan fingerprint density at radius 2 is 1.85 bits per heavy atom. The van der Waals surface area contributed by atoms with E-state index in [0.717, 1.165) is 6.42 Å². The minimum absolute atomic E-state index is 0.147. The number of hydrogen-bond acceptors (Lipinski definition) is 5. The summed E-state index contributed by atoms with van der Waals surface area (Å²) in [6.07, 6.45) is 0.905. The molecule has 0 heterocycles. The Bertz CT molecular complexity index is 829. The first kappa shape index (κ1) is 21.0. The highest BCUT2D eigenvalue weighted by Gasteiger charge is 2.13. The normalized spacial score (nSPS) is 10.1. The molecule has 0 unspecified atom stereocenters. The molecule has 0 atom stereocenters. The van der Waals surface area contributed by atoms with Crippen LogP contribution in [0.25, 0.3) is 0 Å². The highest BCUT2D eigenvalue weighted by atomic mass is 79.9. The fraction of sp³-hybridized carbons (Fsp3) is 0.263. The molecule has 0 aromatic heterocycles. The van der Waals surface area contributed by atoms with Crippen LogP contribution < -0.4 is 24.8 Å². The summed E-state index contributed by atoms with van der Waals surface area (Å²) in [6, 6.07) is 10.4. The van der Waals surface area contributed by atoms with Crippen LogP contribution in [0, 0.1) is 0 Å². The Labute approximate surface area is 172 Å². The largest absolute Gasteiger partial charge is 0.497 e. The maximum Gasteiger partial charge on any atom is 0.257 e. The van der Waals surface area contributed by atoms with Gasteiger partial charge in [-0.15, -0.1) is 0 Å². The lowest BCUT2D eigenvalue weighted by atomic mass is 10.2. The first-order chi connectivity index (χ1) is 13.0. The van der Waals surface area contributed by atoms with Crippen molar-refractivity contribution in [3.63, 3.8) is 0 Å². The van der Waals surface area contributed by atoms with E-state index in [-0.39, 0.29) is 11.0 Å². The number of nitrogens with one attached hydrogen (secondary N) is 2. The zero-order chi connectivity index (χ0) is 19.8. The minimum Gasteiger partial charge on any atom is -0.497 e. The minimum atomic E-state index is -0.336. The van der Waals surface area contributed by atoms with E-state index in [1.807, 2.05) is 6.92 Å².